The standard InChI is InChI=1S/C12H23N5O2S/c1-3-8-17(4-2)9-7-15-20(18,19)12-10-14-6-5-11(12)16-13/h5-6,10,15H,3-4,7-9,13H2,1-2H3,(H,14,16). The molecule has 0 spiro atoms. The summed E-state index contributed by atoms with van der Waals surface area (Å²) in [5, 5.41) is 0. The van der Waals surface area contributed by atoms with Crippen LogP contribution in [-0.4, -0.2) is 44.5 Å². The molecule has 4 N–H and O–H groups in total. The number of nitrogens with one attached hydrogen (secondary N) is 2. The first-order valence-electron chi connectivity index (χ1n) is 6.67. The third-order valence-electron chi connectivity index (χ3n) is 2.94. The summed E-state index contributed by atoms with van der Waals surface area (Å²) in [4.78, 5) is 6.07. The maximum absolute atomic E-state index is 12.2. The molecule has 1 aromatic rings. The molecule has 20 heavy (non-hydrogen) atoms. The molecule has 0 saturated carbocycles. The van der Waals surface area contributed by atoms with Gasteiger partial charge in [-0.05, 0) is 25.6 Å². The summed E-state index contributed by atoms with van der Waals surface area (Å²) in [5.74, 6) is 5.31. The first-order chi connectivity index (χ1) is 9.55. The quantitative estimate of drug-likeness (QED) is 0.450. The molecule has 0 aromatic carbocycles. The van der Waals surface area contributed by atoms with E-state index >= 15 is 0 Å². The normalized spacial score (nSPS) is 11.8. The fourth-order valence-corrected chi connectivity index (χ4v) is 3.01. The summed E-state index contributed by atoms with van der Waals surface area (Å²) in [5.41, 5.74) is 2.69. The molecular weight excluding hydrogens is 278 g/mol. The Balaban J connectivity index is 2.66. The van der Waals surface area contributed by atoms with E-state index in [1.807, 2.05) is 0 Å². The number of nitrogens with two attached hydrogens (primary N) is 1. The van der Waals surface area contributed by atoms with Gasteiger partial charge in [-0.3, -0.25) is 10.8 Å². The number of aromatic nitrogens is 1. The number of sulfonamides is 1. The molecule has 0 radical (unpaired) electrons. The van der Waals surface area contributed by atoms with Crippen LogP contribution in [0.15, 0.2) is 23.4 Å². The topological polar surface area (TPSA) is 100 Å². The Kier molecular flexibility index (Phi) is 6.86. The minimum absolute atomic E-state index is 0.0565. The van der Waals surface area contributed by atoms with Crippen LogP contribution in [0, 0.1) is 0 Å². The molecule has 1 heterocycles. The van der Waals surface area contributed by atoms with E-state index in [2.05, 4.69) is 33.9 Å². The highest BCUT2D eigenvalue weighted by atomic mass is 32.2. The lowest BCUT2D eigenvalue weighted by Gasteiger charge is -2.19. The van der Waals surface area contributed by atoms with Crippen LogP contribution in [0.2, 0.25) is 0 Å². The van der Waals surface area contributed by atoms with E-state index in [1.54, 1.807) is 0 Å². The van der Waals surface area contributed by atoms with Crippen molar-refractivity contribution in [2.75, 3.05) is 31.6 Å². The van der Waals surface area contributed by atoms with Crippen LogP contribution in [0.3, 0.4) is 0 Å². The van der Waals surface area contributed by atoms with Crippen molar-refractivity contribution in [3.05, 3.63) is 18.5 Å². The van der Waals surface area contributed by atoms with Crippen LogP contribution in [0.5, 0.6) is 0 Å². The highest BCUT2D eigenvalue weighted by molar-refractivity contribution is 7.89. The SMILES string of the molecule is CCCN(CC)CCNS(=O)(=O)c1cnccc1NN. The third kappa shape index (κ3) is 4.71. The van der Waals surface area contributed by atoms with E-state index < -0.39 is 10.0 Å². The minimum atomic E-state index is -3.60. The molecule has 1 aromatic heterocycles. The van der Waals surface area contributed by atoms with Gasteiger partial charge in [0.05, 0.1) is 5.69 Å². The van der Waals surface area contributed by atoms with Gasteiger partial charge in [0.2, 0.25) is 10.0 Å². The van der Waals surface area contributed by atoms with E-state index in [4.69, 9.17) is 5.84 Å². The van der Waals surface area contributed by atoms with Crippen LogP contribution < -0.4 is 16.0 Å². The van der Waals surface area contributed by atoms with Crippen molar-refractivity contribution in [1.82, 2.24) is 14.6 Å². The number of pyridine rings is 1. The number of nitrogen functional groups attached to an aromatic ring is 1. The van der Waals surface area contributed by atoms with Crippen molar-refractivity contribution < 1.29 is 8.42 Å². The molecule has 0 unspecified atom stereocenters. The zero-order chi connectivity index (χ0) is 15.0. The lowest BCUT2D eigenvalue weighted by molar-refractivity contribution is 0.293. The molecule has 0 atom stereocenters. The van der Waals surface area contributed by atoms with Gasteiger partial charge < -0.3 is 10.3 Å². The maximum atomic E-state index is 12.2. The van der Waals surface area contributed by atoms with Gasteiger partial charge in [-0.15, -0.1) is 0 Å². The zero-order valence-electron chi connectivity index (χ0n) is 12.0. The van der Waals surface area contributed by atoms with Gasteiger partial charge in [0, 0.05) is 25.5 Å². The van der Waals surface area contributed by atoms with Gasteiger partial charge in [-0.1, -0.05) is 13.8 Å². The molecule has 7 nitrogen and oxygen atoms in total. The molecule has 8 heteroatoms. The second kappa shape index (κ2) is 8.15. The minimum Gasteiger partial charge on any atom is -0.323 e. The number of hydrazine groups is 1. The number of anilines is 1. The first kappa shape index (κ1) is 16.8. The van der Waals surface area contributed by atoms with Gasteiger partial charge in [0.25, 0.3) is 0 Å². The van der Waals surface area contributed by atoms with E-state index in [9.17, 15) is 8.42 Å². The highest BCUT2D eigenvalue weighted by Gasteiger charge is 2.18. The summed E-state index contributed by atoms with van der Waals surface area (Å²) in [6.07, 6.45) is 3.81. The maximum Gasteiger partial charge on any atom is 0.244 e. The molecule has 0 bridgehead atoms. The molecule has 0 aliphatic rings. The summed E-state index contributed by atoms with van der Waals surface area (Å²) in [7, 11) is -3.60. The highest BCUT2D eigenvalue weighted by Crippen LogP contribution is 2.17. The van der Waals surface area contributed by atoms with Gasteiger partial charge in [-0.25, -0.2) is 13.1 Å². The largest absolute Gasteiger partial charge is 0.323 e. The van der Waals surface area contributed by atoms with Gasteiger partial charge in [0.15, 0.2) is 0 Å². The average Bonchev–Trinajstić information content (AvgIpc) is 2.46. The third-order valence-corrected chi connectivity index (χ3v) is 4.43. The van der Waals surface area contributed by atoms with Crippen LogP contribution in [0.4, 0.5) is 5.69 Å². The van der Waals surface area contributed by atoms with E-state index in [0.29, 0.717) is 18.8 Å². The molecule has 0 fully saturated rings. The van der Waals surface area contributed by atoms with E-state index in [0.717, 1.165) is 19.5 Å². The van der Waals surface area contributed by atoms with Crippen molar-refractivity contribution in [2.45, 2.75) is 25.2 Å². The summed E-state index contributed by atoms with van der Waals surface area (Å²) in [6.45, 7) is 7.05. The fraction of sp³-hybridized carbons (Fsp3) is 0.583. The number of rotatable bonds is 9. The number of hydrogen-bond acceptors (Lipinski definition) is 6. The van der Waals surface area contributed by atoms with Crippen LogP contribution >= 0.6 is 0 Å². The van der Waals surface area contributed by atoms with Crippen LogP contribution in [-0.2, 0) is 10.0 Å². The Bertz CT molecular complexity index is 506. The Morgan fingerprint density at radius 3 is 2.70 bits per heavy atom. The summed E-state index contributed by atoms with van der Waals surface area (Å²) >= 11 is 0. The smallest absolute Gasteiger partial charge is 0.244 e. The first-order valence-corrected chi connectivity index (χ1v) is 8.16. The number of nitrogens with zero attached hydrogens (tertiary/aromatic N) is 2. The fourth-order valence-electron chi connectivity index (χ4n) is 1.87. The number of likely N-dealkylation sites (N-methyl/N-ethyl adjacent to an activating group) is 1. The van der Waals surface area contributed by atoms with Crippen molar-refractivity contribution >= 4 is 15.7 Å². The van der Waals surface area contributed by atoms with E-state index in [1.165, 1.54) is 18.5 Å². The average molecular weight is 301 g/mol. The van der Waals surface area contributed by atoms with Gasteiger partial charge in [0.1, 0.15) is 4.90 Å². The molecule has 0 aliphatic carbocycles. The molecule has 114 valence electrons. The Hall–Kier alpha value is -1.22. The van der Waals surface area contributed by atoms with Gasteiger partial charge >= 0.3 is 0 Å². The number of hydrogen-bond donors (Lipinski definition) is 3. The zero-order valence-corrected chi connectivity index (χ0v) is 12.8. The second-order valence-electron chi connectivity index (χ2n) is 4.35. The predicted octanol–water partition coefficient (Wildman–Crippen LogP) is 0.377. The summed E-state index contributed by atoms with van der Waals surface area (Å²) < 4.78 is 26.9. The molecule has 1 rings (SSSR count). The predicted molar refractivity (Wildman–Crippen MR) is 79.6 cm³/mol. The Morgan fingerprint density at radius 2 is 2.10 bits per heavy atom. The van der Waals surface area contributed by atoms with Crippen molar-refractivity contribution in [2.24, 2.45) is 5.84 Å². The second-order valence-corrected chi connectivity index (χ2v) is 6.08. The molecule has 0 aliphatic heterocycles. The van der Waals surface area contributed by atoms with Crippen molar-refractivity contribution in [3.8, 4) is 0 Å². The van der Waals surface area contributed by atoms with Gasteiger partial charge in [-0.2, -0.15) is 0 Å². The molecular formula is C12H23N5O2S. The van der Waals surface area contributed by atoms with Crippen molar-refractivity contribution in [3.63, 3.8) is 0 Å². The lowest BCUT2D eigenvalue weighted by Crippen LogP contribution is -2.35. The van der Waals surface area contributed by atoms with Crippen molar-refractivity contribution in [1.29, 1.82) is 0 Å². The Labute approximate surface area is 120 Å². The molecule has 0 amide bonds. The summed E-state index contributed by atoms with van der Waals surface area (Å²) in [6, 6.07) is 1.52. The Morgan fingerprint density at radius 1 is 1.35 bits per heavy atom. The molecule has 0 saturated heterocycles. The monoisotopic (exact) mass is 301 g/mol. The van der Waals surface area contributed by atoms with Crippen LogP contribution in [0.25, 0.3) is 0 Å². The van der Waals surface area contributed by atoms with E-state index in [-0.39, 0.29) is 4.90 Å². The lowest BCUT2D eigenvalue weighted by atomic mass is 10.4. The van der Waals surface area contributed by atoms with Crippen LogP contribution in [0.1, 0.15) is 20.3 Å².